The first kappa shape index (κ1) is 13.9. The van der Waals surface area contributed by atoms with E-state index in [2.05, 4.69) is 19.2 Å². The molecule has 100 valence electrons. The van der Waals surface area contributed by atoms with Crippen LogP contribution >= 0.6 is 11.8 Å². The van der Waals surface area contributed by atoms with Crippen LogP contribution in [0, 0.1) is 5.82 Å². The van der Waals surface area contributed by atoms with E-state index in [-0.39, 0.29) is 5.82 Å². The first-order valence-electron chi connectivity index (χ1n) is 6.82. The van der Waals surface area contributed by atoms with E-state index in [0.29, 0.717) is 12.1 Å². The van der Waals surface area contributed by atoms with Crippen molar-refractivity contribution in [3.63, 3.8) is 0 Å². The van der Waals surface area contributed by atoms with E-state index in [0.717, 1.165) is 12.8 Å². The Hall–Kier alpha value is -0.540. The van der Waals surface area contributed by atoms with Gasteiger partial charge in [0, 0.05) is 12.1 Å². The second-order valence-corrected chi connectivity index (χ2v) is 6.38. The van der Waals surface area contributed by atoms with E-state index in [9.17, 15) is 4.39 Å². The average Bonchev–Trinajstić information content (AvgIpc) is 2.72. The molecular formula is C15H22FNS. The maximum Gasteiger partial charge on any atom is 0.123 e. The van der Waals surface area contributed by atoms with Crippen LogP contribution in [0.15, 0.2) is 18.2 Å². The standard InChI is InChI=1S/C15H22FNS/c1-3-18-9-8-11(2)17-15-7-4-12-10-13(16)5-6-14(12)15/h5-6,10-11,15,17H,3-4,7-9H2,1-2H3. The van der Waals surface area contributed by atoms with Gasteiger partial charge in [-0.1, -0.05) is 13.0 Å². The predicted molar refractivity (Wildman–Crippen MR) is 77.7 cm³/mol. The minimum Gasteiger partial charge on any atom is -0.307 e. The van der Waals surface area contributed by atoms with E-state index in [1.54, 1.807) is 12.1 Å². The minimum absolute atomic E-state index is 0.109. The molecule has 0 saturated carbocycles. The fourth-order valence-corrected chi connectivity index (χ4v) is 3.40. The predicted octanol–water partition coefficient (Wildman–Crippen LogP) is 3.93. The Morgan fingerprint density at radius 2 is 2.33 bits per heavy atom. The van der Waals surface area contributed by atoms with Gasteiger partial charge in [0.15, 0.2) is 0 Å². The van der Waals surface area contributed by atoms with Crippen molar-refractivity contribution in [1.29, 1.82) is 0 Å². The van der Waals surface area contributed by atoms with Crippen LogP contribution in [-0.4, -0.2) is 17.5 Å². The summed E-state index contributed by atoms with van der Waals surface area (Å²) in [6, 6.07) is 6.17. The smallest absolute Gasteiger partial charge is 0.123 e. The van der Waals surface area contributed by atoms with Gasteiger partial charge in [0.1, 0.15) is 5.82 Å². The third-order valence-electron chi connectivity index (χ3n) is 3.57. The van der Waals surface area contributed by atoms with E-state index >= 15 is 0 Å². The van der Waals surface area contributed by atoms with Crippen LogP contribution < -0.4 is 5.32 Å². The average molecular weight is 267 g/mol. The molecule has 1 aromatic carbocycles. The number of rotatable bonds is 6. The van der Waals surface area contributed by atoms with Gasteiger partial charge >= 0.3 is 0 Å². The van der Waals surface area contributed by atoms with Gasteiger partial charge in [-0.2, -0.15) is 11.8 Å². The lowest BCUT2D eigenvalue weighted by Crippen LogP contribution is -2.29. The molecule has 2 rings (SSSR count). The van der Waals surface area contributed by atoms with Gasteiger partial charge in [-0.3, -0.25) is 0 Å². The molecule has 0 amide bonds. The molecule has 1 aliphatic rings. The quantitative estimate of drug-likeness (QED) is 0.784. The second kappa shape index (κ2) is 6.58. The summed E-state index contributed by atoms with van der Waals surface area (Å²) in [6.45, 7) is 4.45. The highest BCUT2D eigenvalue weighted by Crippen LogP contribution is 2.32. The molecule has 1 aliphatic carbocycles. The first-order chi connectivity index (χ1) is 8.70. The lowest BCUT2D eigenvalue weighted by molar-refractivity contribution is 0.446. The van der Waals surface area contributed by atoms with Gasteiger partial charge in [-0.15, -0.1) is 0 Å². The summed E-state index contributed by atoms with van der Waals surface area (Å²) in [7, 11) is 0. The Labute approximate surface area is 114 Å². The maximum atomic E-state index is 13.1. The Morgan fingerprint density at radius 1 is 1.50 bits per heavy atom. The third kappa shape index (κ3) is 3.48. The summed E-state index contributed by atoms with van der Waals surface area (Å²) in [4.78, 5) is 0. The number of fused-ring (bicyclic) bond motifs is 1. The summed E-state index contributed by atoms with van der Waals surface area (Å²) in [5, 5.41) is 3.68. The lowest BCUT2D eigenvalue weighted by atomic mass is 10.1. The third-order valence-corrected chi connectivity index (χ3v) is 4.50. The zero-order valence-corrected chi connectivity index (χ0v) is 12.0. The Bertz CT molecular complexity index is 394. The monoisotopic (exact) mass is 267 g/mol. The Kier molecular flexibility index (Phi) is 5.07. The molecule has 1 aromatic rings. The fourth-order valence-electron chi connectivity index (χ4n) is 2.59. The minimum atomic E-state index is -0.109. The van der Waals surface area contributed by atoms with E-state index in [1.165, 1.54) is 29.1 Å². The molecule has 18 heavy (non-hydrogen) atoms. The lowest BCUT2D eigenvalue weighted by Gasteiger charge is -2.20. The van der Waals surface area contributed by atoms with Crippen molar-refractivity contribution in [2.45, 2.75) is 45.2 Å². The Morgan fingerprint density at radius 3 is 3.11 bits per heavy atom. The highest BCUT2D eigenvalue weighted by atomic mass is 32.2. The molecule has 1 N–H and O–H groups in total. The van der Waals surface area contributed by atoms with Gasteiger partial charge in [0.05, 0.1) is 0 Å². The van der Waals surface area contributed by atoms with E-state index < -0.39 is 0 Å². The SMILES string of the molecule is CCSCCC(C)NC1CCc2cc(F)ccc21. The summed E-state index contributed by atoms with van der Waals surface area (Å²) in [5.74, 6) is 2.30. The number of thioether (sulfide) groups is 1. The van der Waals surface area contributed by atoms with Gasteiger partial charge in [-0.25, -0.2) is 4.39 Å². The molecule has 2 atom stereocenters. The highest BCUT2D eigenvalue weighted by Gasteiger charge is 2.23. The molecule has 0 bridgehead atoms. The number of aryl methyl sites for hydroxylation is 1. The van der Waals surface area contributed by atoms with Crippen molar-refractivity contribution >= 4 is 11.8 Å². The topological polar surface area (TPSA) is 12.0 Å². The highest BCUT2D eigenvalue weighted by molar-refractivity contribution is 7.99. The molecule has 0 aromatic heterocycles. The Balaban J connectivity index is 1.89. The van der Waals surface area contributed by atoms with Crippen LogP contribution in [0.1, 0.15) is 43.9 Å². The van der Waals surface area contributed by atoms with Gasteiger partial charge in [-0.05, 0) is 61.0 Å². The number of hydrogen-bond acceptors (Lipinski definition) is 2. The van der Waals surface area contributed by atoms with E-state index in [1.807, 2.05) is 17.8 Å². The van der Waals surface area contributed by atoms with Gasteiger partial charge in [0.25, 0.3) is 0 Å². The zero-order chi connectivity index (χ0) is 13.0. The van der Waals surface area contributed by atoms with Crippen molar-refractivity contribution < 1.29 is 4.39 Å². The molecule has 0 fully saturated rings. The van der Waals surface area contributed by atoms with Crippen LogP contribution in [0.4, 0.5) is 4.39 Å². The fraction of sp³-hybridized carbons (Fsp3) is 0.600. The molecule has 0 spiro atoms. The number of benzene rings is 1. The van der Waals surface area contributed by atoms with Crippen LogP contribution in [0.3, 0.4) is 0 Å². The van der Waals surface area contributed by atoms with Crippen LogP contribution in [-0.2, 0) is 6.42 Å². The molecule has 0 saturated heterocycles. The molecule has 0 heterocycles. The van der Waals surface area contributed by atoms with Crippen LogP contribution in [0.2, 0.25) is 0 Å². The van der Waals surface area contributed by atoms with Crippen LogP contribution in [0.25, 0.3) is 0 Å². The number of hydrogen-bond donors (Lipinski definition) is 1. The molecular weight excluding hydrogens is 245 g/mol. The largest absolute Gasteiger partial charge is 0.307 e. The molecule has 1 nitrogen and oxygen atoms in total. The van der Waals surface area contributed by atoms with Crippen molar-refractivity contribution in [1.82, 2.24) is 5.32 Å². The second-order valence-electron chi connectivity index (χ2n) is 4.99. The van der Waals surface area contributed by atoms with Crippen molar-refractivity contribution in [2.24, 2.45) is 0 Å². The summed E-state index contributed by atoms with van der Waals surface area (Å²) < 4.78 is 13.1. The zero-order valence-electron chi connectivity index (χ0n) is 11.2. The molecule has 3 heteroatoms. The summed E-state index contributed by atoms with van der Waals surface area (Å²) >= 11 is 1.99. The van der Waals surface area contributed by atoms with Crippen molar-refractivity contribution in [2.75, 3.05) is 11.5 Å². The van der Waals surface area contributed by atoms with E-state index in [4.69, 9.17) is 0 Å². The summed E-state index contributed by atoms with van der Waals surface area (Å²) in [5.41, 5.74) is 2.48. The van der Waals surface area contributed by atoms with Gasteiger partial charge < -0.3 is 5.32 Å². The molecule has 2 unspecified atom stereocenters. The summed E-state index contributed by atoms with van der Waals surface area (Å²) in [6.07, 6.45) is 3.30. The molecule has 0 radical (unpaired) electrons. The molecule has 0 aliphatic heterocycles. The number of halogens is 1. The van der Waals surface area contributed by atoms with Crippen molar-refractivity contribution in [3.05, 3.63) is 35.1 Å². The normalized spacial score (nSPS) is 19.8. The van der Waals surface area contributed by atoms with Crippen molar-refractivity contribution in [3.8, 4) is 0 Å². The van der Waals surface area contributed by atoms with Crippen LogP contribution in [0.5, 0.6) is 0 Å². The maximum absolute atomic E-state index is 13.1. The number of nitrogens with one attached hydrogen (secondary N) is 1. The first-order valence-corrected chi connectivity index (χ1v) is 7.98. The van der Waals surface area contributed by atoms with Gasteiger partial charge in [0.2, 0.25) is 0 Å².